The molecule has 0 bridgehead atoms. The minimum Gasteiger partial charge on any atom is -0.352 e. The van der Waals surface area contributed by atoms with Gasteiger partial charge >= 0.3 is 6.18 Å². The summed E-state index contributed by atoms with van der Waals surface area (Å²) in [4.78, 5) is 19.0. The minimum absolute atomic E-state index is 0.157. The Bertz CT molecular complexity index is 500. The molecule has 0 aromatic carbocycles. The summed E-state index contributed by atoms with van der Waals surface area (Å²) in [5.74, 6) is -0.471. The fourth-order valence-electron chi connectivity index (χ4n) is 2.24. The van der Waals surface area contributed by atoms with Gasteiger partial charge in [-0.2, -0.15) is 13.2 Å². The molecule has 1 amide bonds. The number of nitrogens with one attached hydrogen (secondary N) is 2. The van der Waals surface area contributed by atoms with Crippen molar-refractivity contribution >= 4 is 11.9 Å². The number of alkyl halides is 3. The van der Waals surface area contributed by atoms with Crippen molar-refractivity contribution in [3.63, 3.8) is 0 Å². The average molecular weight is 302 g/mol. The lowest BCUT2D eigenvalue weighted by Gasteiger charge is -2.18. The zero-order valence-corrected chi connectivity index (χ0v) is 11.6. The van der Waals surface area contributed by atoms with Gasteiger partial charge in [0.05, 0.1) is 0 Å². The molecule has 116 valence electrons. The Morgan fingerprint density at radius 2 is 2.05 bits per heavy atom. The molecule has 2 rings (SSSR count). The monoisotopic (exact) mass is 302 g/mol. The van der Waals surface area contributed by atoms with Crippen molar-refractivity contribution in [2.45, 2.75) is 50.9 Å². The predicted octanol–water partition coefficient (Wildman–Crippen LogP) is 2.35. The number of hydrogen-bond acceptors (Lipinski definition) is 4. The van der Waals surface area contributed by atoms with E-state index in [4.69, 9.17) is 0 Å². The quantitative estimate of drug-likeness (QED) is 0.896. The smallest absolute Gasteiger partial charge is 0.352 e. The maximum absolute atomic E-state index is 12.5. The lowest BCUT2D eigenvalue weighted by atomic mass is 10.2. The summed E-state index contributed by atoms with van der Waals surface area (Å²) in [6.07, 6.45) is 0.540. The topological polar surface area (TPSA) is 66.9 Å². The van der Waals surface area contributed by atoms with E-state index in [0.29, 0.717) is 0 Å². The first-order chi connectivity index (χ1) is 9.86. The Morgan fingerprint density at radius 1 is 1.38 bits per heavy atom. The number of hydrogen-bond donors (Lipinski definition) is 2. The number of carbonyl (C=O) groups is 1. The van der Waals surface area contributed by atoms with E-state index in [1.807, 2.05) is 0 Å². The van der Waals surface area contributed by atoms with E-state index in [0.717, 1.165) is 37.9 Å². The molecule has 0 radical (unpaired) electrons. The molecule has 5 nitrogen and oxygen atoms in total. The Kier molecular flexibility index (Phi) is 4.64. The second kappa shape index (κ2) is 6.28. The fraction of sp³-hybridized carbons (Fsp3) is 0.615. The summed E-state index contributed by atoms with van der Waals surface area (Å²) in [5.41, 5.74) is -1.04. The molecule has 1 aliphatic rings. The molecule has 1 aromatic rings. The zero-order valence-electron chi connectivity index (χ0n) is 11.6. The lowest BCUT2D eigenvalue weighted by molar-refractivity contribution is -0.141. The first-order valence-electron chi connectivity index (χ1n) is 6.83. The molecular weight excluding hydrogens is 285 g/mol. The third-order valence-electron chi connectivity index (χ3n) is 3.39. The summed E-state index contributed by atoms with van der Waals surface area (Å²) >= 11 is 0. The van der Waals surface area contributed by atoms with Gasteiger partial charge in [-0.3, -0.25) is 4.79 Å². The normalized spacial score (nSPS) is 17.5. The Balaban J connectivity index is 1.95. The van der Waals surface area contributed by atoms with Crippen molar-refractivity contribution in [3.05, 3.63) is 18.0 Å². The highest BCUT2D eigenvalue weighted by Gasteiger charge is 2.33. The lowest BCUT2D eigenvalue weighted by Crippen LogP contribution is -2.42. The Morgan fingerprint density at radius 3 is 2.67 bits per heavy atom. The standard InChI is InChI=1S/C13H17F3N4O/c1-8(11(21)19-9-4-2-3-5-9)18-12-17-7-6-10(20-12)13(14,15)16/h6-9H,2-5H2,1H3,(H,19,21)(H,17,18,20). The molecule has 21 heavy (non-hydrogen) atoms. The van der Waals surface area contributed by atoms with Crippen LogP contribution in [-0.2, 0) is 11.0 Å². The number of anilines is 1. The second-order valence-corrected chi connectivity index (χ2v) is 5.12. The van der Waals surface area contributed by atoms with Gasteiger partial charge in [0.15, 0.2) is 0 Å². The molecule has 8 heteroatoms. The molecule has 1 saturated carbocycles. The van der Waals surface area contributed by atoms with Crippen LogP contribution in [0.5, 0.6) is 0 Å². The maximum Gasteiger partial charge on any atom is 0.433 e. The molecule has 1 aromatic heterocycles. The Hall–Kier alpha value is -1.86. The molecule has 1 atom stereocenters. The van der Waals surface area contributed by atoms with Crippen LogP contribution in [-0.4, -0.2) is 28.0 Å². The van der Waals surface area contributed by atoms with E-state index in [2.05, 4.69) is 20.6 Å². The number of rotatable bonds is 4. The molecular formula is C13H17F3N4O. The first-order valence-corrected chi connectivity index (χ1v) is 6.83. The Labute approximate surface area is 120 Å². The van der Waals surface area contributed by atoms with Gasteiger partial charge in [0.1, 0.15) is 11.7 Å². The van der Waals surface area contributed by atoms with Crippen LogP contribution in [0, 0.1) is 0 Å². The molecule has 0 spiro atoms. The van der Waals surface area contributed by atoms with Crippen LogP contribution in [0.2, 0.25) is 0 Å². The van der Waals surface area contributed by atoms with Crippen LogP contribution in [0.4, 0.5) is 19.1 Å². The van der Waals surface area contributed by atoms with Crippen molar-refractivity contribution < 1.29 is 18.0 Å². The van der Waals surface area contributed by atoms with Gasteiger partial charge in [-0.1, -0.05) is 12.8 Å². The highest BCUT2D eigenvalue weighted by Crippen LogP contribution is 2.27. The minimum atomic E-state index is -4.53. The SMILES string of the molecule is CC(Nc1nccc(C(F)(F)F)n1)C(=O)NC1CCCC1. The van der Waals surface area contributed by atoms with Crippen molar-refractivity contribution in [1.29, 1.82) is 0 Å². The van der Waals surface area contributed by atoms with Gasteiger partial charge in [-0.15, -0.1) is 0 Å². The van der Waals surface area contributed by atoms with Gasteiger partial charge < -0.3 is 10.6 Å². The summed E-state index contributed by atoms with van der Waals surface area (Å²) in [6, 6.07) is 0.243. The van der Waals surface area contributed by atoms with Gasteiger partial charge in [-0.05, 0) is 25.8 Å². The highest BCUT2D eigenvalue weighted by atomic mass is 19.4. The van der Waals surface area contributed by atoms with Crippen LogP contribution < -0.4 is 10.6 Å². The molecule has 2 N–H and O–H groups in total. The maximum atomic E-state index is 12.5. The van der Waals surface area contributed by atoms with E-state index < -0.39 is 17.9 Å². The van der Waals surface area contributed by atoms with Gasteiger partial charge in [0.2, 0.25) is 11.9 Å². The van der Waals surface area contributed by atoms with Crippen molar-refractivity contribution in [3.8, 4) is 0 Å². The van der Waals surface area contributed by atoms with E-state index in [-0.39, 0.29) is 17.9 Å². The van der Waals surface area contributed by atoms with Gasteiger partial charge in [0.25, 0.3) is 0 Å². The fourth-order valence-corrected chi connectivity index (χ4v) is 2.24. The summed E-state index contributed by atoms with van der Waals surface area (Å²) in [6.45, 7) is 1.56. The summed E-state index contributed by atoms with van der Waals surface area (Å²) in [7, 11) is 0. The van der Waals surface area contributed by atoms with E-state index in [1.165, 1.54) is 0 Å². The molecule has 1 heterocycles. The van der Waals surface area contributed by atoms with E-state index in [1.54, 1.807) is 6.92 Å². The zero-order chi connectivity index (χ0) is 15.5. The third-order valence-corrected chi connectivity index (χ3v) is 3.39. The van der Waals surface area contributed by atoms with Crippen molar-refractivity contribution in [1.82, 2.24) is 15.3 Å². The number of amides is 1. The largest absolute Gasteiger partial charge is 0.433 e. The van der Waals surface area contributed by atoms with Crippen molar-refractivity contribution in [2.24, 2.45) is 0 Å². The predicted molar refractivity (Wildman–Crippen MR) is 70.5 cm³/mol. The van der Waals surface area contributed by atoms with Crippen LogP contribution in [0.1, 0.15) is 38.3 Å². The highest BCUT2D eigenvalue weighted by molar-refractivity contribution is 5.83. The molecule has 1 aliphatic carbocycles. The van der Waals surface area contributed by atoms with E-state index in [9.17, 15) is 18.0 Å². The van der Waals surface area contributed by atoms with Crippen LogP contribution in [0.15, 0.2) is 12.3 Å². The average Bonchev–Trinajstić information content (AvgIpc) is 2.91. The third kappa shape index (κ3) is 4.30. The number of carbonyl (C=O) groups excluding carboxylic acids is 1. The number of halogens is 3. The molecule has 0 saturated heterocycles. The van der Waals surface area contributed by atoms with E-state index >= 15 is 0 Å². The number of nitrogens with zero attached hydrogens (tertiary/aromatic N) is 2. The second-order valence-electron chi connectivity index (χ2n) is 5.12. The van der Waals surface area contributed by atoms with Crippen molar-refractivity contribution in [2.75, 3.05) is 5.32 Å². The van der Waals surface area contributed by atoms with Gasteiger partial charge in [0, 0.05) is 12.2 Å². The van der Waals surface area contributed by atoms with Crippen LogP contribution in [0.25, 0.3) is 0 Å². The summed E-state index contributed by atoms with van der Waals surface area (Å²) in [5, 5.41) is 5.46. The summed E-state index contributed by atoms with van der Waals surface area (Å²) < 4.78 is 37.6. The first kappa shape index (κ1) is 15.5. The molecule has 1 unspecified atom stereocenters. The molecule has 1 fully saturated rings. The number of aromatic nitrogens is 2. The molecule has 0 aliphatic heterocycles. The van der Waals surface area contributed by atoms with Crippen LogP contribution in [0.3, 0.4) is 0 Å². The van der Waals surface area contributed by atoms with Crippen LogP contribution >= 0.6 is 0 Å². The van der Waals surface area contributed by atoms with Gasteiger partial charge in [-0.25, -0.2) is 9.97 Å².